The van der Waals surface area contributed by atoms with Crippen LogP contribution in [0, 0.1) is 12.7 Å². The average Bonchev–Trinajstić information content (AvgIpc) is 3.29. The molecule has 1 unspecified atom stereocenters. The van der Waals surface area contributed by atoms with Crippen LogP contribution in [0.15, 0.2) is 24.4 Å². The maximum absolute atomic E-state index is 13.6. The lowest BCUT2D eigenvalue weighted by Gasteiger charge is -2.20. The van der Waals surface area contributed by atoms with Gasteiger partial charge < -0.3 is 5.32 Å². The lowest BCUT2D eigenvalue weighted by atomic mass is 10.1. The molecule has 1 aromatic carbocycles. The second-order valence-electron chi connectivity index (χ2n) is 7.12. The summed E-state index contributed by atoms with van der Waals surface area (Å²) in [5.74, 6) is 1.35. The van der Waals surface area contributed by atoms with E-state index in [-0.39, 0.29) is 16.2 Å². The molecule has 0 radical (unpaired) electrons. The van der Waals surface area contributed by atoms with Crippen LogP contribution in [0.2, 0.25) is 10.2 Å². The first-order valence-electron chi connectivity index (χ1n) is 9.57. The predicted octanol–water partition coefficient (Wildman–Crippen LogP) is 5.54. The molecule has 0 spiro atoms. The highest BCUT2D eigenvalue weighted by Crippen LogP contribution is 2.40. The largest absolute Gasteiger partial charge is 0.367 e. The number of nitrogens with zero attached hydrogens (tertiary/aromatic N) is 5. The van der Waals surface area contributed by atoms with Crippen LogP contribution < -0.4 is 5.32 Å². The number of benzene rings is 1. The van der Waals surface area contributed by atoms with Crippen LogP contribution in [0.25, 0.3) is 28.2 Å². The normalized spacial score (nSPS) is 12.5. The smallest absolute Gasteiger partial charge is 0.186 e. The molecular formula is C20H20Cl2FN7. The first-order valence-corrected chi connectivity index (χ1v) is 10.3. The SMILES string of the molecule is CCCC(C)Nc1c(-c2ccc(F)cc2Cl)c(Cl)nc2c(-c3n[nH]c(C)n3)cnn12. The predicted molar refractivity (Wildman–Crippen MR) is 117 cm³/mol. The van der Waals surface area contributed by atoms with Crippen LogP contribution in [-0.2, 0) is 0 Å². The number of hydrogen-bond acceptors (Lipinski definition) is 5. The third-order valence-corrected chi connectivity index (χ3v) is 5.33. The summed E-state index contributed by atoms with van der Waals surface area (Å²) in [7, 11) is 0. The van der Waals surface area contributed by atoms with Gasteiger partial charge in [-0.05, 0) is 38.5 Å². The minimum absolute atomic E-state index is 0.132. The number of anilines is 1. The number of aromatic nitrogens is 6. The van der Waals surface area contributed by atoms with E-state index in [1.54, 1.807) is 16.8 Å². The lowest BCUT2D eigenvalue weighted by molar-refractivity contribution is 0.628. The quantitative estimate of drug-likeness (QED) is 0.379. The molecule has 0 amide bonds. The molecule has 0 fully saturated rings. The van der Waals surface area contributed by atoms with Crippen LogP contribution >= 0.6 is 23.2 Å². The minimum Gasteiger partial charge on any atom is -0.367 e. The molecule has 0 aliphatic rings. The highest BCUT2D eigenvalue weighted by atomic mass is 35.5. The molecule has 7 nitrogen and oxygen atoms in total. The molecule has 156 valence electrons. The maximum atomic E-state index is 13.6. The summed E-state index contributed by atoms with van der Waals surface area (Å²) < 4.78 is 15.3. The van der Waals surface area contributed by atoms with Crippen LogP contribution in [-0.4, -0.2) is 35.8 Å². The van der Waals surface area contributed by atoms with Gasteiger partial charge in [-0.3, -0.25) is 5.10 Å². The van der Waals surface area contributed by atoms with Crippen molar-refractivity contribution in [3.05, 3.63) is 46.2 Å². The van der Waals surface area contributed by atoms with Crippen molar-refractivity contribution in [2.75, 3.05) is 5.32 Å². The van der Waals surface area contributed by atoms with Crippen molar-refractivity contribution in [1.29, 1.82) is 0 Å². The van der Waals surface area contributed by atoms with Crippen molar-refractivity contribution in [1.82, 2.24) is 29.8 Å². The summed E-state index contributed by atoms with van der Waals surface area (Å²) in [6.45, 7) is 6.00. The van der Waals surface area contributed by atoms with Crippen LogP contribution in [0.3, 0.4) is 0 Å². The van der Waals surface area contributed by atoms with Gasteiger partial charge in [0.1, 0.15) is 22.6 Å². The average molecular weight is 448 g/mol. The van der Waals surface area contributed by atoms with Gasteiger partial charge in [0, 0.05) is 11.6 Å². The van der Waals surface area contributed by atoms with E-state index in [0.29, 0.717) is 39.8 Å². The Morgan fingerprint density at radius 2 is 2.03 bits per heavy atom. The molecule has 1 atom stereocenters. The molecule has 3 aromatic heterocycles. The highest BCUT2D eigenvalue weighted by molar-refractivity contribution is 6.36. The van der Waals surface area contributed by atoms with Crippen molar-refractivity contribution in [3.63, 3.8) is 0 Å². The number of aromatic amines is 1. The van der Waals surface area contributed by atoms with Crippen molar-refractivity contribution in [2.45, 2.75) is 39.7 Å². The number of fused-ring (bicyclic) bond motifs is 1. The van der Waals surface area contributed by atoms with Gasteiger partial charge in [0.25, 0.3) is 0 Å². The fourth-order valence-electron chi connectivity index (χ4n) is 3.39. The van der Waals surface area contributed by atoms with Crippen LogP contribution in [0.5, 0.6) is 0 Å². The Morgan fingerprint density at radius 1 is 1.23 bits per heavy atom. The van der Waals surface area contributed by atoms with Gasteiger partial charge in [-0.25, -0.2) is 14.4 Å². The van der Waals surface area contributed by atoms with Gasteiger partial charge in [0.15, 0.2) is 11.5 Å². The zero-order chi connectivity index (χ0) is 21.4. The second kappa shape index (κ2) is 8.20. The van der Waals surface area contributed by atoms with Gasteiger partial charge in [-0.15, -0.1) is 0 Å². The first-order chi connectivity index (χ1) is 14.4. The Kier molecular flexibility index (Phi) is 5.62. The number of rotatable bonds is 6. The third-order valence-electron chi connectivity index (χ3n) is 4.75. The topological polar surface area (TPSA) is 83.8 Å². The van der Waals surface area contributed by atoms with Crippen molar-refractivity contribution in [3.8, 4) is 22.5 Å². The monoisotopic (exact) mass is 447 g/mol. The fourth-order valence-corrected chi connectivity index (χ4v) is 3.92. The number of nitrogens with one attached hydrogen (secondary N) is 2. The number of aryl methyl sites for hydroxylation is 1. The van der Waals surface area contributed by atoms with Crippen LogP contribution in [0.1, 0.15) is 32.5 Å². The van der Waals surface area contributed by atoms with E-state index in [9.17, 15) is 4.39 Å². The van der Waals surface area contributed by atoms with Crippen molar-refractivity contribution >= 4 is 34.7 Å². The van der Waals surface area contributed by atoms with E-state index in [4.69, 9.17) is 23.2 Å². The Bertz CT molecular complexity index is 1220. The van der Waals surface area contributed by atoms with Gasteiger partial charge >= 0.3 is 0 Å². The maximum Gasteiger partial charge on any atom is 0.186 e. The molecule has 0 saturated carbocycles. The molecular weight excluding hydrogens is 428 g/mol. The van der Waals surface area contributed by atoms with Gasteiger partial charge in [0.05, 0.1) is 22.3 Å². The summed E-state index contributed by atoms with van der Waals surface area (Å²) in [5.41, 5.74) is 2.27. The summed E-state index contributed by atoms with van der Waals surface area (Å²) >= 11 is 13.0. The second-order valence-corrected chi connectivity index (χ2v) is 7.89. The molecule has 0 aliphatic heterocycles. The molecule has 4 rings (SSSR count). The minimum atomic E-state index is -0.427. The molecule has 4 aromatic rings. The first kappa shape index (κ1) is 20.6. The van der Waals surface area contributed by atoms with Gasteiger partial charge in [-0.1, -0.05) is 36.5 Å². The van der Waals surface area contributed by atoms with Gasteiger partial charge in [0.2, 0.25) is 0 Å². The molecule has 10 heteroatoms. The Balaban J connectivity index is 1.97. The van der Waals surface area contributed by atoms with Gasteiger partial charge in [-0.2, -0.15) is 14.7 Å². The molecule has 3 heterocycles. The number of H-pyrrole nitrogens is 1. The highest BCUT2D eigenvalue weighted by Gasteiger charge is 2.23. The number of hydrogen-bond donors (Lipinski definition) is 2. The summed E-state index contributed by atoms with van der Waals surface area (Å²) in [5, 5.41) is 15.5. The lowest BCUT2D eigenvalue weighted by Crippen LogP contribution is -2.18. The Hall–Kier alpha value is -2.71. The van der Waals surface area contributed by atoms with E-state index in [1.165, 1.54) is 12.1 Å². The van der Waals surface area contributed by atoms with E-state index in [2.05, 4.69) is 44.4 Å². The summed E-state index contributed by atoms with van der Waals surface area (Å²) in [4.78, 5) is 8.93. The van der Waals surface area contributed by atoms with Crippen molar-refractivity contribution < 1.29 is 4.39 Å². The standard InChI is InChI=1S/C20H20Cl2FN7/c1-4-5-10(2)25-20-16(13-7-6-12(23)8-15(13)21)17(22)27-19-14(9-24-30(19)20)18-26-11(3)28-29-18/h6-10,25H,4-5H2,1-3H3,(H,26,28,29). The van der Waals surface area contributed by atoms with E-state index >= 15 is 0 Å². The van der Waals surface area contributed by atoms with E-state index < -0.39 is 5.82 Å². The number of halogens is 3. The molecule has 0 aliphatic carbocycles. The zero-order valence-electron chi connectivity index (χ0n) is 16.7. The van der Waals surface area contributed by atoms with Crippen LogP contribution in [0.4, 0.5) is 10.2 Å². The molecule has 0 bridgehead atoms. The third kappa shape index (κ3) is 3.73. The molecule has 2 N–H and O–H groups in total. The molecule has 0 saturated heterocycles. The Labute approximate surface area is 182 Å². The Morgan fingerprint density at radius 3 is 2.70 bits per heavy atom. The van der Waals surface area contributed by atoms with E-state index in [0.717, 1.165) is 12.8 Å². The van der Waals surface area contributed by atoms with Crippen molar-refractivity contribution in [2.24, 2.45) is 0 Å². The zero-order valence-corrected chi connectivity index (χ0v) is 18.2. The fraction of sp³-hybridized carbons (Fsp3) is 0.300. The summed E-state index contributed by atoms with van der Waals surface area (Å²) in [6.07, 6.45) is 3.59. The summed E-state index contributed by atoms with van der Waals surface area (Å²) in [6, 6.07) is 4.31. The van der Waals surface area contributed by atoms with E-state index in [1.807, 2.05) is 6.92 Å². The molecule has 30 heavy (non-hydrogen) atoms.